The van der Waals surface area contributed by atoms with Crippen molar-refractivity contribution in [2.24, 2.45) is 0 Å². The molecule has 1 aromatic heterocycles. The molecule has 0 fully saturated rings. The van der Waals surface area contributed by atoms with Gasteiger partial charge in [-0.2, -0.15) is 13.9 Å². The van der Waals surface area contributed by atoms with E-state index >= 15 is 0 Å². The number of carbonyl (C=O) groups is 1. The van der Waals surface area contributed by atoms with Crippen molar-refractivity contribution in [3.05, 3.63) is 18.0 Å². The number of hydrogen-bond donors (Lipinski definition) is 2. The monoisotopic (exact) mass is 176 g/mol. The molecule has 0 amide bonds. The minimum Gasteiger partial charge on any atom is -0.481 e. The molecule has 0 saturated carbocycles. The molecule has 0 saturated heterocycles. The highest BCUT2D eigenvalue weighted by Gasteiger charge is 2.35. The van der Waals surface area contributed by atoms with Crippen LogP contribution in [0.5, 0.6) is 0 Å². The molecule has 6 heteroatoms. The van der Waals surface area contributed by atoms with E-state index in [0.29, 0.717) is 0 Å². The summed E-state index contributed by atoms with van der Waals surface area (Å²) in [5, 5.41) is 13.5. The van der Waals surface area contributed by atoms with Gasteiger partial charge in [0.2, 0.25) is 0 Å². The highest BCUT2D eigenvalue weighted by molar-refractivity contribution is 5.68. The first kappa shape index (κ1) is 8.63. The third-order valence-electron chi connectivity index (χ3n) is 1.27. The van der Waals surface area contributed by atoms with E-state index in [2.05, 4.69) is 5.10 Å². The van der Waals surface area contributed by atoms with Crippen LogP contribution in [0.2, 0.25) is 0 Å². The van der Waals surface area contributed by atoms with Crippen LogP contribution in [0.1, 0.15) is 12.1 Å². The summed E-state index contributed by atoms with van der Waals surface area (Å²) in [4.78, 5) is 10.00. The molecule has 1 rings (SSSR count). The van der Waals surface area contributed by atoms with Crippen LogP contribution in [-0.4, -0.2) is 21.3 Å². The Morgan fingerprint density at radius 2 is 2.42 bits per heavy atom. The molecule has 0 aliphatic heterocycles. The molecule has 0 radical (unpaired) electrons. The molecule has 0 aliphatic rings. The predicted octanol–water partition coefficient (Wildman–Crippen LogP) is 0.976. The Morgan fingerprint density at radius 1 is 1.75 bits per heavy atom. The number of rotatable bonds is 3. The van der Waals surface area contributed by atoms with Crippen molar-refractivity contribution in [3.8, 4) is 0 Å². The molecule has 0 aromatic carbocycles. The minimum atomic E-state index is -3.37. The van der Waals surface area contributed by atoms with E-state index < -0.39 is 24.0 Å². The maximum Gasteiger partial charge on any atom is 0.309 e. The van der Waals surface area contributed by atoms with Crippen LogP contribution in [0, 0.1) is 0 Å². The Labute approximate surface area is 66.2 Å². The molecular weight excluding hydrogens is 170 g/mol. The summed E-state index contributed by atoms with van der Waals surface area (Å²) in [7, 11) is 0. The Hall–Kier alpha value is -1.46. The minimum absolute atomic E-state index is 0.482. The Balaban J connectivity index is 2.79. The van der Waals surface area contributed by atoms with Crippen LogP contribution >= 0.6 is 0 Å². The molecule has 1 aromatic rings. The lowest BCUT2D eigenvalue weighted by Gasteiger charge is -2.10. The average molecular weight is 176 g/mol. The van der Waals surface area contributed by atoms with Crippen LogP contribution in [0.25, 0.3) is 0 Å². The third kappa shape index (κ3) is 1.77. The number of hydrogen-bond acceptors (Lipinski definition) is 2. The summed E-state index contributed by atoms with van der Waals surface area (Å²) < 4.78 is 25.6. The maximum atomic E-state index is 12.8. The number of H-pyrrole nitrogens is 1. The smallest absolute Gasteiger partial charge is 0.309 e. The van der Waals surface area contributed by atoms with Gasteiger partial charge < -0.3 is 5.11 Å². The molecule has 0 spiro atoms. The lowest BCUT2D eigenvalue weighted by atomic mass is 10.2. The van der Waals surface area contributed by atoms with Gasteiger partial charge >= 0.3 is 5.97 Å². The van der Waals surface area contributed by atoms with Crippen molar-refractivity contribution in [2.75, 3.05) is 0 Å². The molecular formula is C6H6F2N2O2. The van der Waals surface area contributed by atoms with E-state index in [4.69, 9.17) is 5.11 Å². The van der Waals surface area contributed by atoms with Gasteiger partial charge in [0, 0.05) is 6.20 Å². The Kier molecular flexibility index (Phi) is 2.07. The lowest BCUT2D eigenvalue weighted by Crippen LogP contribution is -2.18. The molecule has 0 bridgehead atoms. The van der Waals surface area contributed by atoms with Crippen LogP contribution in [0.15, 0.2) is 12.3 Å². The number of halogens is 2. The van der Waals surface area contributed by atoms with Crippen LogP contribution < -0.4 is 0 Å². The van der Waals surface area contributed by atoms with Gasteiger partial charge in [0.05, 0.1) is 0 Å². The molecule has 2 N–H and O–H groups in total. The SMILES string of the molecule is O=C(O)CC(F)(F)c1ccn[nH]1. The van der Waals surface area contributed by atoms with Gasteiger partial charge in [-0.05, 0) is 6.07 Å². The zero-order valence-corrected chi connectivity index (χ0v) is 5.92. The number of carboxylic acid groups (broad SMARTS) is 1. The standard InChI is InChI=1S/C6H6F2N2O2/c7-6(8,3-5(11)12)4-1-2-9-10-4/h1-2H,3H2,(H,9,10)(H,11,12). The van der Waals surface area contributed by atoms with Crippen LogP contribution in [0.3, 0.4) is 0 Å². The second-order valence-electron chi connectivity index (χ2n) is 2.25. The topological polar surface area (TPSA) is 66.0 Å². The molecule has 4 nitrogen and oxygen atoms in total. The van der Waals surface area contributed by atoms with Crippen LogP contribution in [0.4, 0.5) is 8.78 Å². The van der Waals surface area contributed by atoms with Gasteiger partial charge in [0.1, 0.15) is 12.1 Å². The number of nitrogens with one attached hydrogen (secondary N) is 1. The van der Waals surface area contributed by atoms with E-state index in [1.165, 1.54) is 0 Å². The number of aromatic amines is 1. The summed E-state index contributed by atoms with van der Waals surface area (Å²) in [6, 6.07) is 1.04. The van der Waals surface area contributed by atoms with Gasteiger partial charge in [0.15, 0.2) is 0 Å². The Bertz CT molecular complexity index is 271. The molecule has 12 heavy (non-hydrogen) atoms. The zero-order chi connectivity index (χ0) is 9.19. The van der Waals surface area contributed by atoms with Gasteiger partial charge in [0.25, 0.3) is 5.92 Å². The van der Waals surface area contributed by atoms with Crippen LogP contribution in [-0.2, 0) is 10.7 Å². The average Bonchev–Trinajstić information content (AvgIpc) is 2.32. The second kappa shape index (κ2) is 2.88. The van der Waals surface area contributed by atoms with Crippen molar-refractivity contribution < 1.29 is 18.7 Å². The Morgan fingerprint density at radius 3 is 2.83 bits per heavy atom. The third-order valence-corrected chi connectivity index (χ3v) is 1.27. The van der Waals surface area contributed by atoms with Crippen molar-refractivity contribution in [3.63, 3.8) is 0 Å². The summed E-state index contributed by atoms with van der Waals surface area (Å²) >= 11 is 0. The van der Waals surface area contributed by atoms with E-state index in [0.717, 1.165) is 12.3 Å². The van der Waals surface area contributed by atoms with Gasteiger partial charge in [-0.25, -0.2) is 0 Å². The second-order valence-corrected chi connectivity index (χ2v) is 2.25. The molecule has 0 unspecified atom stereocenters. The number of aliphatic carboxylic acids is 1. The van der Waals surface area contributed by atoms with Crippen molar-refractivity contribution in [2.45, 2.75) is 12.3 Å². The van der Waals surface area contributed by atoms with Gasteiger partial charge in [-0.15, -0.1) is 0 Å². The predicted molar refractivity (Wildman–Crippen MR) is 34.7 cm³/mol. The first-order valence-corrected chi connectivity index (χ1v) is 3.12. The highest BCUT2D eigenvalue weighted by atomic mass is 19.3. The first-order chi connectivity index (χ1) is 5.52. The van der Waals surface area contributed by atoms with Gasteiger partial charge in [-0.3, -0.25) is 9.89 Å². The highest BCUT2D eigenvalue weighted by Crippen LogP contribution is 2.29. The van der Waals surface area contributed by atoms with E-state index in [9.17, 15) is 13.6 Å². The summed E-state index contributed by atoms with van der Waals surface area (Å²) in [5.74, 6) is -4.92. The normalized spacial score (nSPS) is 11.5. The molecule has 1 heterocycles. The fraction of sp³-hybridized carbons (Fsp3) is 0.333. The lowest BCUT2D eigenvalue weighted by molar-refractivity contribution is -0.145. The maximum absolute atomic E-state index is 12.8. The van der Waals surface area contributed by atoms with Crippen molar-refractivity contribution in [1.82, 2.24) is 10.2 Å². The summed E-state index contributed by atoms with van der Waals surface area (Å²) in [6.07, 6.45) is -0.0830. The number of nitrogens with zero attached hydrogens (tertiary/aromatic N) is 1. The van der Waals surface area contributed by atoms with E-state index in [-0.39, 0.29) is 0 Å². The first-order valence-electron chi connectivity index (χ1n) is 3.12. The fourth-order valence-electron chi connectivity index (χ4n) is 0.745. The van der Waals surface area contributed by atoms with E-state index in [1.54, 1.807) is 0 Å². The molecule has 66 valence electrons. The number of aromatic nitrogens is 2. The number of alkyl halides is 2. The van der Waals surface area contributed by atoms with Gasteiger partial charge in [-0.1, -0.05) is 0 Å². The molecule has 0 atom stereocenters. The quantitative estimate of drug-likeness (QED) is 0.721. The van der Waals surface area contributed by atoms with E-state index in [1.807, 2.05) is 5.10 Å². The van der Waals surface area contributed by atoms with Crippen molar-refractivity contribution in [1.29, 1.82) is 0 Å². The summed E-state index contributed by atoms with van der Waals surface area (Å²) in [5.41, 5.74) is -0.482. The number of carboxylic acids is 1. The summed E-state index contributed by atoms with van der Waals surface area (Å²) in [6.45, 7) is 0. The van der Waals surface area contributed by atoms with Crippen molar-refractivity contribution >= 4 is 5.97 Å². The fourth-order valence-corrected chi connectivity index (χ4v) is 0.745. The molecule has 0 aliphatic carbocycles. The largest absolute Gasteiger partial charge is 0.481 e. The zero-order valence-electron chi connectivity index (χ0n) is 5.92.